The molecule has 156 valence electrons. The number of hydrogen-bond donors (Lipinski definition) is 0. The third kappa shape index (κ3) is 6.39. The zero-order chi connectivity index (χ0) is 21.0. The molecule has 1 heterocycles. The second-order valence-corrected chi connectivity index (χ2v) is 9.65. The summed E-state index contributed by atoms with van der Waals surface area (Å²) in [6.45, 7) is 7.72. The van der Waals surface area contributed by atoms with Gasteiger partial charge in [0.15, 0.2) is 0 Å². The Morgan fingerprint density at radius 3 is 2.31 bits per heavy atom. The molecule has 1 fully saturated rings. The lowest BCUT2D eigenvalue weighted by Crippen LogP contribution is -2.44. The highest BCUT2D eigenvalue weighted by molar-refractivity contribution is 7.11. The molecule has 6 heteroatoms. The molecule has 29 heavy (non-hydrogen) atoms. The molecule has 0 atom stereocenters. The lowest BCUT2D eigenvalue weighted by molar-refractivity contribution is -0.142. The lowest BCUT2D eigenvalue weighted by atomic mass is 10.1. The van der Waals surface area contributed by atoms with Gasteiger partial charge in [-0.1, -0.05) is 26.0 Å². The van der Waals surface area contributed by atoms with Crippen molar-refractivity contribution in [2.45, 2.75) is 46.7 Å². The molecule has 0 N–H and O–H groups in total. The van der Waals surface area contributed by atoms with Crippen LogP contribution in [0.3, 0.4) is 0 Å². The molecule has 1 aliphatic carbocycles. The number of amides is 2. The van der Waals surface area contributed by atoms with Gasteiger partial charge < -0.3 is 9.80 Å². The lowest BCUT2D eigenvalue weighted by Gasteiger charge is -2.29. The number of halogens is 1. The first-order valence-electron chi connectivity index (χ1n) is 10.2. The fourth-order valence-corrected chi connectivity index (χ4v) is 4.23. The molecule has 1 aromatic heterocycles. The van der Waals surface area contributed by atoms with Gasteiger partial charge in [0, 0.05) is 28.8 Å². The third-order valence-electron chi connectivity index (χ3n) is 4.93. The third-order valence-corrected chi connectivity index (χ3v) is 5.92. The predicted molar refractivity (Wildman–Crippen MR) is 114 cm³/mol. The summed E-state index contributed by atoms with van der Waals surface area (Å²) in [5.41, 5.74) is 0.872. The van der Waals surface area contributed by atoms with E-state index in [0.29, 0.717) is 25.6 Å². The van der Waals surface area contributed by atoms with E-state index in [-0.39, 0.29) is 30.1 Å². The van der Waals surface area contributed by atoms with Crippen LogP contribution in [0.5, 0.6) is 0 Å². The number of thiophene rings is 1. The summed E-state index contributed by atoms with van der Waals surface area (Å²) < 4.78 is 13.3. The summed E-state index contributed by atoms with van der Waals surface area (Å²) >= 11 is 1.66. The van der Waals surface area contributed by atoms with Gasteiger partial charge in [0.1, 0.15) is 5.82 Å². The van der Waals surface area contributed by atoms with Gasteiger partial charge in [0.2, 0.25) is 11.8 Å². The van der Waals surface area contributed by atoms with Gasteiger partial charge in [-0.15, -0.1) is 11.3 Å². The highest BCUT2D eigenvalue weighted by atomic mass is 32.1. The number of carbonyl (C=O) groups excluding carboxylic acids is 2. The van der Waals surface area contributed by atoms with Gasteiger partial charge in [0.25, 0.3) is 0 Å². The fourth-order valence-electron chi connectivity index (χ4n) is 3.33. The van der Waals surface area contributed by atoms with Gasteiger partial charge in [-0.2, -0.15) is 0 Å². The zero-order valence-electron chi connectivity index (χ0n) is 17.4. The van der Waals surface area contributed by atoms with Crippen LogP contribution in [0, 0.1) is 24.6 Å². The monoisotopic (exact) mass is 416 g/mol. The molecular weight excluding hydrogens is 387 g/mol. The molecule has 2 amide bonds. The number of rotatable bonds is 9. The molecule has 1 saturated carbocycles. The minimum Gasteiger partial charge on any atom is -0.333 e. The Bertz CT molecular complexity index is 843. The SMILES string of the molecule is Cc1ccc(CN(Cc2ccc(F)cc2)C(=O)CN(CC(C)C)C(=O)C2CC2)s1. The highest BCUT2D eigenvalue weighted by Crippen LogP contribution is 2.31. The standard InChI is InChI=1S/C23H29FN2O2S/c1-16(2)12-26(23(28)19-7-8-19)15-22(27)25(14-21-11-4-17(3)29-21)13-18-5-9-20(24)10-6-18/h4-6,9-11,16,19H,7-8,12-15H2,1-3H3. The molecular formula is C23H29FN2O2S. The fraction of sp³-hybridized carbons (Fsp3) is 0.478. The van der Waals surface area contributed by atoms with E-state index in [2.05, 4.69) is 13.8 Å². The largest absolute Gasteiger partial charge is 0.333 e. The number of carbonyl (C=O) groups is 2. The Morgan fingerprint density at radius 2 is 1.76 bits per heavy atom. The van der Waals surface area contributed by atoms with Crippen LogP contribution >= 0.6 is 11.3 Å². The molecule has 1 aromatic carbocycles. The van der Waals surface area contributed by atoms with Gasteiger partial charge in [-0.05, 0) is 55.5 Å². The van der Waals surface area contributed by atoms with Crippen molar-refractivity contribution in [2.75, 3.05) is 13.1 Å². The maximum Gasteiger partial charge on any atom is 0.242 e. The van der Waals surface area contributed by atoms with E-state index in [1.165, 1.54) is 17.0 Å². The van der Waals surface area contributed by atoms with E-state index >= 15 is 0 Å². The van der Waals surface area contributed by atoms with Crippen molar-refractivity contribution in [1.29, 1.82) is 0 Å². The quantitative estimate of drug-likeness (QED) is 0.598. The van der Waals surface area contributed by atoms with E-state index < -0.39 is 0 Å². The molecule has 0 spiro atoms. The highest BCUT2D eigenvalue weighted by Gasteiger charge is 2.34. The average molecular weight is 417 g/mol. The molecule has 0 saturated heterocycles. The Kier molecular flexibility index (Phi) is 7.06. The van der Waals surface area contributed by atoms with Gasteiger partial charge >= 0.3 is 0 Å². The number of benzene rings is 1. The van der Waals surface area contributed by atoms with Crippen LogP contribution in [-0.2, 0) is 22.7 Å². The van der Waals surface area contributed by atoms with Crippen LogP contribution < -0.4 is 0 Å². The van der Waals surface area contributed by atoms with Crippen molar-refractivity contribution in [1.82, 2.24) is 9.80 Å². The minimum absolute atomic E-state index is 0.0740. The topological polar surface area (TPSA) is 40.6 Å². The first kappa shape index (κ1) is 21.5. The Balaban J connectivity index is 1.75. The van der Waals surface area contributed by atoms with Crippen LogP contribution in [0.4, 0.5) is 4.39 Å². The van der Waals surface area contributed by atoms with E-state index in [9.17, 15) is 14.0 Å². The molecule has 2 aromatic rings. The Labute approximate surface area is 176 Å². The zero-order valence-corrected chi connectivity index (χ0v) is 18.2. The predicted octanol–water partition coefficient (Wildman–Crippen LogP) is 4.62. The Morgan fingerprint density at radius 1 is 1.07 bits per heavy atom. The van der Waals surface area contributed by atoms with Gasteiger partial charge in [-0.25, -0.2) is 4.39 Å². The van der Waals surface area contributed by atoms with E-state index in [1.807, 2.05) is 19.1 Å². The van der Waals surface area contributed by atoms with Crippen LogP contribution in [0.2, 0.25) is 0 Å². The van der Waals surface area contributed by atoms with Crippen LogP contribution in [0.25, 0.3) is 0 Å². The maximum atomic E-state index is 13.3. The van der Waals surface area contributed by atoms with Crippen LogP contribution in [-0.4, -0.2) is 34.7 Å². The van der Waals surface area contributed by atoms with Gasteiger partial charge in [-0.3, -0.25) is 9.59 Å². The summed E-state index contributed by atoms with van der Waals surface area (Å²) in [5, 5.41) is 0. The average Bonchev–Trinajstić information content (AvgIpc) is 3.44. The molecule has 1 aliphatic rings. The summed E-state index contributed by atoms with van der Waals surface area (Å²) in [6, 6.07) is 10.3. The summed E-state index contributed by atoms with van der Waals surface area (Å²) in [5.74, 6) is 0.123. The van der Waals surface area contributed by atoms with Crippen LogP contribution in [0.1, 0.15) is 42.0 Å². The number of aryl methyl sites for hydroxylation is 1. The van der Waals surface area contributed by atoms with Gasteiger partial charge in [0.05, 0.1) is 13.1 Å². The van der Waals surface area contributed by atoms with Crippen molar-refractivity contribution >= 4 is 23.2 Å². The smallest absolute Gasteiger partial charge is 0.242 e. The number of hydrogen-bond acceptors (Lipinski definition) is 3. The van der Waals surface area contributed by atoms with Crippen molar-refractivity contribution in [3.05, 3.63) is 57.5 Å². The number of nitrogens with zero attached hydrogens (tertiary/aromatic N) is 2. The first-order chi connectivity index (χ1) is 13.8. The molecule has 0 aliphatic heterocycles. The Hall–Kier alpha value is -2.21. The van der Waals surface area contributed by atoms with E-state index in [0.717, 1.165) is 23.3 Å². The molecule has 3 rings (SSSR count). The molecule has 0 unspecified atom stereocenters. The maximum absolute atomic E-state index is 13.3. The summed E-state index contributed by atoms with van der Waals surface area (Å²) in [6.07, 6.45) is 1.85. The molecule has 0 bridgehead atoms. The van der Waals surface area contributed by atoms with Crippen molar-refractivity contribution in [3.63, 3.8) is 0 Å². The molecule has 0 radical (unpaired) electrons. The van der Waals surface area contributed by atoms with E-state index in [4.69, 9.17) is 0 Å². The second kappa shape index (κ2) is 9.53. The van der Waals surface area contributed by atoms with Crippen molar-refractivity contribution in [2.24, 2.45) is 11.8 Å². The van der Waals surface area contributed by atoms with Crippen molar-refractivity contribution < 1.29 is 14.0 Å². The minimum atomic E-state index is -0.293. The first-order valence-corrected chi connectivity index (χ1v) is 11.0. The van der Waals surface area contributed by atoms with Crippen LogP contribution in [0.15, 0.2) is 36.4 Å². The second-order valence-electron chi connectivity index (χ2n) is 8.28. The summed E-state index contributed by atoms with van der Waals surface area (Å²) in [4.78, 5) is 31.7. The normalized spacial score (nSPS) is 13.6. The van der Waals surface area contributed by atoms with E-state index in [1.54, 1.807) is 33.3 Å². The summed E-state index contributed by atoms with van der Waals surface area (Å²) in [7, 11) is 0. The van der Waals surface area contributed by atoms with Crippen molar-refractivity contribution in [3.8, 4) is 0 Å². The molecule has 4 nitrogen and oxygen atoms in total.